The number of carbonyl (C=O) groups is 1. The molecule has 0 aliphatic carbocycles. The van der Waals surface area contributed by atoms with Gasteiger partial charge in [-0.25, -0.2) is 0 Å². The van der Waals surface area contributed by atoms with E-state index in [1.165, 1.54) is 13.2 Å². The fourth-order valence-corrected chi connectivity index (χ4v) is 4.40. The van der Waals surface area contributed by atoms with Crippen LogP contribution in [0.15, 0.2) is 65.7 Å². The van der Waals surface area contributed by atoms with Crippen molar-refractivity contribution in [3.8, 4) is 28.8 Å². The maximum absolute atomic E-state index is 13.9. The summed E-state index contributed by atoms with van der Waals surface area (Å²) in [6.45, 7) is 4.26. The average molecular weight is 583 g/mol. The number of aliphatic imine (C=N–C) groups is 1. The molecular weight excluding hydrogens is 549 g/mol. The zero-order valence-electron chi connectivity index (χ0n) is 23.9. The summed E-state index contributed by atoms with van der Waals surface area (Å²) in [6.07, 6.45) is -2.73. The fraction of sp³-hybridized carbons (Fsp3) is 0.323. The SMILES string of the molecule is CCN=C(NC#N)N(Cc1ccc(OC)cc1)Cc1cc(C(F)(F)F)ccc1-c1cc(CC(=O)OCC)ccc1OC. The van der Waals surface area contributed by atoms with Crippen LogP contribution in [0.3, 0.4) is 0 Å². The Morgan fingerprint density at radius 3 is 2.26 bits per heavy atom. The molecule has 0 aliphatic rings. The van der Waals surface area contributed by atoms with Crippen molar-refractivity contribution in [1.82, 2.24) is 10.2 Å². The first-order chi connectivity index (χ1) is 20.1. The Morgan fingerprint density at radius 2 is 1.67 bits per heavy atom. The van der Waals surface area contributed by atoms with Crippen molar-refractivity contribution in [2.75, 3.05) is 27.4 Å². The van der Waals surface area contributed by atoms with Gasteiger partial charge in [0, 0.05) is 25.2 Å². The molecule has 222 valence electrons. The number of alkyl halides is 3. The molecule has 3 rings (SSSR count). The topological polar surface area (TPSA) is 96.2 Å². The minimum absolute atomic E-state index is 0.0101. The van der Waals surface area contributed by atoms with Gasteiger partial charge in [0.15, 0.2) is 6.19 Å². The van der Waals surface area contributed by atoms with Crippen LogP contribution in [0, 0.1) is 11.5 Å². The van der Waals surface area contributed by atoms with E-state index in [9.17, 15) is 23.2 Å². The Kier molecular flexibility index (Phi) is 11.2. The minimum Gasteiger partial charge on any atom is -0.497 e. The Morgan fingerprint density at radius 1 is 0.952 bits per heavy atom. The summed E-state index contributed by atoms with van der Waals surface area (Å²) in [5.74, 6) is 0.859. The van der Waals surface area contributed by atoms with Crippen molar-refractivity contribution >= 4 is 11.9 Å². The molecule has 0 heterocycles. The van der Waals surface area contributed by atoms with Gasteiger partial charge in [0.05, 0.1) is 32.8 Å². The third kappa shape index (κ3) is 8.39. The Bertz CT molecular complexity index is 1430. The zero-order valence-corrected chi connectivity index (χ0v) is 23.9. The zero-order chi connectivity index (χ0) is 30.7. The van der Waals surface area contributed by atoms with E-state index in [1.807, 2.05) is 18.3 Å². The third-order valence-electron chi connectivity index (χ3n) is 6.31. The number of hydrogen-bond acceptors (Lipinski definition) is 6. The number of guanidine groups is 1. The van der Waals surface area contributed by atoms with Crippen molar-refractivity contribution < 1.29 is 32.2 Å². The van der Waals surface area contributed by atoms with Crippen LogP contribution < -0.4 is 14.8 Å². The van der Waals surface area contributed by atoms with E-state index >= 15 is 0 Å². The molecule has 0 saturated carbocycles. The van der Waals surface area contributed by atoms with E-state index in [1.54, 1.807) is 56.2 Å². The molecule has 8 nitrogen and oxygen atoms in total. The van der Waals surface area contributed by atoms with E-state index < -0.39 is 17.7 Å². The van der Waals surface area contributed by atoms with Gasteiger partial charge in [0.1, 0.15) is 11.5 Å². The highest BCUT2D eigenvalue weighted by Crippen LogP contribution is 2.38. The predicted octanol–water partition coefficient (Wildman–Crippen LogP) is 5.94. The van der Waals surface area contributed by atoms with Crippen LogP contribution in [0.25, 0.3) is 11.1 Å². The van der Waals surface area contributed by atoms with E-state index in [0.717, 1.165) is 17.7 Å². The summed E-state index contributed by atoms with van der Waals surface area (Å²) in [4.78, 5) is 18.2. The minimum atomic E-state index is -4.59. The standard InChI is InChI=1S/C31H33F3N4O4/c1-5-36-30(37-20-35)38(18-21-7-11-25(40-3)12-8-21)19-23-17-24(31(32,33)34)10-13-26(23)27-15-22(9-14-28(27)41-4)16-29(39)42-6-2/h7-15,17H,5-6,16,18-19H2,1-4H3,(H,36,37). The molecule has 0 amide bonds. The lowest BCUT2D eigenvalue weighted by atomic mass is 9.94. The molecule has 3 aromatic carbocycles. The van der Waals surface area contributed by atoms with Crippen LogP contribution in [0.1, 0.15) is 36.1 Å². The molecule has 0 aliphatic heterocycles. The number of nitriles is 1. The number of benzene rings is 3. The molecule has 0 aromatic heterocycles. The van der Waals surface area contributed by atoms with Gasteiger partial charge < -0.3 is 19.1 Å². The maximum Gasteiger partial charge on any atom is 0.416 e. The van der Waals surface area contributed by atoms with Crippen molar-refractivity contribution in [3.63, 3.8) is 0 Å². The number of esters is 1. The van der Waals surface area contributed by atoms with Gasteiger partial charge in [0.2, 0.25) is 5.96 Å². The maximum atomic E-state index is 13.9. The number of carbonyl (C=O) groups excluding carboxylic acids is 1. The first kappa shape index (κ1) is 31.8. The molecule has 1 N–H and O–H groups in total. The molecule has 0 atom stereocenters. The van der Waals surface area contributed by atoms with Crippen molar-refractivity contribution in [2.24, 2.45) is 4.99 Å². The second-order valence-corrected chi connectivity index (χ2v) is 9.13. The lowest BCUT2D eigenvalue weighted by Crippen LogP contribution is -2.38. The number of methoxy groups -OCH3 is 2. The molecule has 0 fully saturated rings. The Labute approximate surface area is 243 Å². The van der Waals surface area contributed by atoms with Crippen LogP contribution in [0.4, 0.5) is 13.2 Å². The van der Waals surface area contributed by atoms with Crippen LogP contribution in [-0.4, -0.2) is 44.2 Å². The Hall–Kier alpha value is -4.72. The summed E-state index contributed by atoms with van der Waals surface area (Å²) in [5, 5.41) is 12.0. The number of halogens is 3. The lowest BCUT2D eigenvalue weighted by molar-refractivity contribution is -0.142. The molecule has 0 saturated heterocycles. The lowest BCUT2D eigenvalue weighted by Gasteiger charge is -2.27. The summed E-state index contributed by atoms with van der Waals surface area (Å²) in [6, 6.07) is 15.8. The van der Waals surface area contributed by atoms with E-state index in [4.69, 9.17) is 14.2 Å². The van der Waals surface area contributed by atoms with E-state index in [2.05, 4.69) is 10.3 Å². The normalized spacial score (nSPS) is 11.4. The Balaban J connectivity index is 2.17. The first-order valence-corrected chi connectivity index (χ1v) is 13.2. The molecular formula is C31H33F3N4O4. The van der Waals surface area contributed by atoms with Crippen molar-refractivity contribution in [1.29, 1.82) is 5.26 Å². The second kappa shape index (κ2) is 14.8. The summed E-state index contributed by atoms with van der Waals surface area (Å²) in [7, 11) is 3.02. The van der Waals surface area contributed by atoms with Gasteiger partial charge in [-0.05, 0) is 72.5 Å². The molecule has 42 heavy (non-hydrogen) atoms. The second-order valence-electron chi connectivity index (χ2n) is 9.13. The monoisotopic (exact) mass is 582 g/mol. The van der Waals surface area contributed by atoms with E-state index in [-0.39, 0.29) is 32.1 Å². The van der Waals surface area contributed by atoms with Gasteiger partial charge in [-0.3, -0.25) is 15.1 Å². The molecule has 0 radical (unpaired) electrons. The number of ether oxygens (including phenoxy) is 3. The van der Waals surface area contributed by atoms with Crippen molar-refractivity contribution in [2.45, 2.75) is 39.5 Å². The van der Waals surface area contributed by atoms with Gasteiger partial charge in [-0.2, -0.15) is 18.4 Å². The van der Waals surface area contributed by atoms with Crippen LogP contribution in [0.5, 0.6) is 11.5 Å². The smallest absolute Gasteiger partial charge is 0.416 e. The molecule has 3 aromatic rings. The van der Waals surface area contributed by atoms with Gasteiger partial charge in [0.25, 0.3) is 0 Å². The van der Waals surface area contributed by atoms with Crippen LogP contribution in [-0.2, 0) is 35.2 Å². The predicted molar refractivity (Wildman–Crippen MR) is 153 cm³/mol. The summed E-state index contributed by atoms with van der Waals surface area (Å²) >= 11 is 0. The number of rotatable bonds is 11. The summed E-state index contributed by atoms with van der Waals surface area (Å²) < 4.78 is 57.6. The summed E-state index contributed by atoms with van der Waals surface area (Å²) in [5.41, 5.74) is 1.90. The highest BCUT2D eigenvalue weighted by atomic mass is 19.4. The quantitative estimate of drug-likeness (QED) is 0.0982. The largest absolute Gasteiger partial charge is 0.497 e. The molecule has 0 bridgehead atoms. The highest BCUT2D eigenvalue weighted by molar-refractivity contribution is 5.82. The molecule has 0 spiro atoms. The number of nitrogens with zero attached hydrogens (tertiary/aromatic N) is 3. The number of nitrogens with one attached hydrogen (secondary N) is 1. The fourth-order valence-electron chi connectivity index (χ4n) is 4.40. The van der Waals surface area contributed by atoms with Gasteiger partial charge in [-0.15, -0.1) is 0 Å². The highest BCUT2D eigenvalue weighted by Gasteiger charge is 2.32. The number of hydrogen-bond donors (Lipinski definition) is 1. The molecule has 0 unspecified atom stereocenters. The third-order valence-corrected chi connectivity index (χ3v) is 6.31. The van der Waals surface area contributed by atoms with Gasteiger partial charge in [-0.1, -0.05) is 24.3 Å². The van der Waals surface area contributed by atoms with Gasteiger partial charge >= 0.3 is 12.1 Å². The van der Waals surface area contributed by atoms with Crippen LogP contribution in [0.2, 0.25) is 0 Å². The first-order valence-electron chi connectivity index (χ1n) is 13.2. The molecule has 11 heteroatoms. The van der Waals surface area contributed by atoms with Crippen LogP contribution >= 0.6 is 0 Å². The van der Waals surface area contributed by atoms with Crippen molar-refractivity contribution in [3.05, 3.63) is 82.9 Å². The van der Waals surface area contributed by atoms with E-state index in [0.29, 0.717) is 40.3 Å². The average Bonchev–Trinajstić information content (AvgIpc) is 2.96.